The van der Waals surface area contributed by atoms with Crippen molar-refractivity contribution in [1.82, 2.24) is 24.1 Å². The lowest BCUT2D eigenvalue weighted by atomic mass is 10.1. The number of carbonyl (C=O) groups is 1. The van der Waals surface area contributed by atoms with Crippen LogP contribution in [-0.2, 0) is 0 Å². The van der Waals surface area contributed by atoms with Crippen molar-refractivity contribution in [2.45, 2.75) is 19.9 Å². The van der Waals surface area contributed by atoms with Crippen molar-refractivity contribution in [2.24, 2.45) is 0 Å². The third-order valence-corrected chi connectivity index (χ3v) is 6.21. The molecular weight excluding hydrogens is 428 g/mol. The molecule has 170 valence electrons. The summed E-state index contributed by atoms with van der Waals surface area (Å²) in [6, 6.07) is 10.8. The minimum absolute atomic E-state index is 0.159. The first kappa shape index (κ1) is 21.3. The van der Waals surface area contributed by atoms with Crippen LogP contribution in [0.5, 0.6) is 0 Å². The summed E-state index contributed by atoms with van der Waals surface area (Å²) < 4.78 is 30.9. The minimum atomic E-state index is -1.07. The first-order chi connectivity index (χ1) is 15.8. The Morgan fingerprint density at radius 1 is 1.00 bits per heavy atom. The molecule has 2 aromatic carbocycles. The molecule has 0 unspecified atom stereocenters. The van der Waals surface area contributed by atoms with Gasteiger partial charge in [0.05, 0.1) is 16.8 Å². The summed E-state index contributed by atoms with van der Waals surface area (Å²) in [6.45, 7) is 6.63. The van der Waals surface area contributed by atoms with Crippen LogP contribution in [0.2, 0.25) is 0 Å². The number of hydrogen-bond donors (Lipinski definition) is 0. The lowest BCUT2D eigenvalue weighted by molar-refractivity contribution is 0.120. The lowest BCUT2D eigenvalue weighted by Crippen LogP contribution is -2.51. The van der Waals surface area contributed by atoms with Crippen LogP contribution in [-0.4, -0.2) is 62.4 Å². The van der Waals surface area contributed by atoms with Crippen LogP contribution in [0.15, 0.2) is 53.5 Å². The Balaban J connectivity index is 1.68. The summed E-state index contributed by atoms with van der Waals surface area (Å²) in [6.07, 6.45) is 1.39. The van der Waals surface area contributed by atoms with E-state index < -0.39 is 17.2 Å². The number of pyridine rings is 1. The van der Waals surface area contributed by atoms with Crippen molar-refractivity contribution >= 4 is 16.9 Å². The Morgan fingerprint density at radius 2 is 1.67 bits per heavy atom. The smallest absolute Gasteiger partial charge is 0.321 e. The number of aromatic nitrogens is 3. The van der Waals surface area contributed by atoms with E-state index in [4.69, 9.17) is 0 Å². The molecule has 3 aliphatic heterocycles. The summed E-state index contributed by atoms with van der Waals surface area (Å²) >= 11 is 0. The SMILES string of the molecule is CC(C)N1CCN(C(=O)n2cc3c(=O)n(-c4ccccc4)nc-3c3cc(F)c(F)cc32)CC1. The number of fused-ring (bicyclic) bond motifs is 3. The van der Waals surface area contributed by atoms with Gasteiger partial charge in [-0.05, 0) is 32.0 Å². The average molecular weight is 451 g/mol. The van der Waals surface area contributed by atoms with E-state index in [9.17, 15) is 18.4 Å². The first-order valence-corrected chi connectivity index (χ1v) is 10.9. The number of piperazine rings is 1. The molecule has 0 bridgehead atoms. The fraction of sp³-hybridized carbons (Fsp3) is 0.292. The fourth-order valence-electron chi connectivity index (χ4n) is 4.34. The molecule has 1 amide bonds. The Hall–Kier alpha value is -3.59. The van der Waals surface area contributed by atoms with E-state index in [0.717, 1.165) is 12.1 Å². The summed E-state index contributed by atoms with van der Waals surface area (Å²) in [5.41, 5.74) is 0.638. The van der Waals surface area contributed by atoms with Gasteiger partial charge in [0.1, 0.15) is 5.69 Å². The predicted octanol–water partition coefficient (Wildman–Crippen LogP) is 3.56. The molecular formula is C24H23F2N5O2. The zero-order valence-corrected chi connectivity index (χ0v) is 18.3. The second-order valence-electron chi connectivity index (χ2n) is 8.50. The van der Waals surface area contributed by atoms with E-state index in [1.165, 1.54) is 15.4 Å². The molecule has 1 fully saturated rings. The minimum Gasteiger partial charge on any atom is -0.321 e. The number of halogens is 2. The zero-order chi connectivity index (χ0) is 23.3. The van der Waals surface area contributed by atoms with Gasteiger partial charge in [-0.2, -0.15) is 9.78 Å². The molecule has 3 aliphatic rings. The van der Waals surface area contributed by atoms with Crippen molar-refractivity contribution < 1.29 is 13.6 Å². The van der Waals surface area contributed by atoms with Crippen LogP contribution < -0.4 is 5.56 Å². The third kappa shape index (κ3) is 3.58. The molecule has 0 saturated carbocycles. The van der Waals surface area contributed by atoms with Gasteiger partial charge >= 0.3 is 6.03 Å². The van der Waals surface area contributed by atoms with Crippen molar-refractivity contribution in [3.8, 4) is 16.9 Å². The molecule has 0 aliphatic carbocycles. The van der Waals surface area contributed by atoms with Gasteiger partial charge < -0.3 is 4.90 Å². The summed E-state index contributed by atoms with van der Waals surface area (Å²) in [7, 11) is 0. The lowest BCUT2D eigenvalue weighted by Gasteiger charge is -2.37. The number of amides is 1. The quantitative estimate of drug-likeness (QED) is 0.468. The largest absolute Gasteiger partial charge is 0.328 e. The monoisotopic (exact) mass is 451 g/mol. The molecule has 0 spiro atoms. The van der Waals surface area contributed by atoms with E-state index >= 15 is 0 Å². The van der Waals surface area contributed by atoms with Gasteiger partial charge in [0.25, 0.3) is 5.56 Å². The second-order valence-corrected chi connectivity index (χ2v) is 8.50. The Morgan fingerprint density at radius 3 is 2.33 bits per heavy atom. The van der Waals surface area contributed by atoms with Gasteiger partial charge in [-0.1, -0.05) is 18.2 Å². The number of hydrogen-bond acceptors (Lipinski definition) is 4. The van der Waals surface area contributed by atoms with E-state index in [0.29, 0.717) is 37.9 Å². The van der Waals surface area contributed by atoms with Crippen LogP contribution in [0, 0.1) is 11.6 Å². The highest BCUT2D eigenvalue weighted by Crippen LogP contribution is 2.30. The maximum absolute atomic E-state index is 14.2. The molecule has 0 aromatic heterocycles. The van der Waals surface area contributed by atoms with Crippen molar-refractivity contribution in [3.63, 3.8) is 0 Å². The fourth-order valence-corrected chi connectivity index (χ4v) is 4.34. The molecule has 0 N–H and O–H groups in total. The highest BCUT2D eigenvalue weighted by atomic mass is 19.2. The van der Waals surface area contributed by atoms with Crippen LogP contribution in [0.4, 0.5) is 13.6 Å². The molecule has 9 heteroatoms. The zero-order valence-electron chi connectivity index (χ0n) is 18.3. The van der Waals surface area contributed by atoms with E-state index in [2.05, 4.69) is 23.8 Å². The summed E-state index contributed by atoms with van der Waals surface area (Å²) in [4.78, 5) is 30.6. The maximum Gasteiger partial charge on any atom is 0.328 e. The molecule has 0 radical (unpaired) electrons. The number of rotatable bonds is 2. The van der Waals surface area contributed by atoms with Crippen molar-refractivity contribution in [3.05, 3.63) is 70.6 Å². The first-order valence-electron chi connectivity index (χ1n) is 10.9. The predicted molar refractivity (Wildman–Crippen MR) is 121 cm³/mol. The highest BCUT2D eigenvalue weighted by Gasteiger charge is 2.28. The van der Waals surface area contributed by atoms with Crippen LogP contribution in [0.1, 0.15) is 13.8 Å². The van der Waals surface area contributed by atoms with Gasteiger partial charge in [0.15, 0.2) is 11.6 Å². The van der Waals surface area contributed by atoms with Gasteiger partial charge in [0.2, 0.25) is 0 Å². The molecule has 5 rings (SSSR count). The second kappa shape index (κ2) is 8.08. The Kier molecular flexibility index (Phi) is 5.20. The van der Waals surface area contributed by atoms with Crippen molar-refractivity contribution in [2.75, 3.05) is 26.2 Å². The molecule has 1 saturated heterocycles. The Bertz CT molecular complexity index is 1370. The van der Waals surface area contributed by atoms with Gasteiger partial charge in [-0.15, -0.1) is 0 Å². The van der Waals surface area contributed by atoms with Crippen LogP contribution in [0.3, 0.4) is 0 Å². The van der Waals surface area contributed by atoms with Gasteiger partial charge in [-0.25, -0.2) is 13.6 Å². The highest BCUT2D eigenvalue weighted by molar-refractivity contribution is 5.99. The Labute approximate surface area is 188 Å². The topological polar surface area (TPSA) is 63.4 Å². The molecule has 7 nitrogen and oxygen atoms in total. The van der Waals surface area contributed by atoms with E-state index in [-0.39, 0.29) is 28.2 Å². The molecule has 33 heavy (non-hydrogen) atoms. The molecule has 2 aromatic rings. The number of para-hydroxylation sites is 1. The number of nitrogens with zero attached hydrogens (tertiary/aromatic N) is 5. The summed E-state index contributed by atoms with van der Waals surface area (Å²) in [5, 5.41) is 4.60. The number of carbonyl (C=O) groups excluding carboxylic acids is 1. The van der Waals surface area contributed by atoms with Crippen LogP contribution >= 0.6 is 0 Å². The van der Waals surface area contributed by atoms with Gasteiger partial charge in [-0.3, -0.25) is 14.3 Å². The number of benzene rings is 2. The summed E-state index contributed by atoms with van der Waals surface area (Å²) in [5.74, 6) is -2.14. The molecule has 3 heterocycles. The normalized spacial score (nSPS) is 15.1. The van der Waals surface area contributed by atoms with Crippen molar-refractivity contribution in [1.29, 1.82) is 0 Å². The standard InChI is InChI=1S/C24H23F2N5O2/c1-15(2)28-8-10-29(11-9-28)24(33)30-14-18-22(17-12-19(25)20(26)13-21(17)30)27-31(23(18)32)16-6-4-3-5-7-16/h3-7,12-15H,8-11H2,1-2H3. The van der Waals surface area contributed by atoms with E-state index in [1.807, 2.05) is 6.07 Å². The van der Waals surface area contributed by atoms with E-state index in [1.54, 1.807) is 29.2 Å². The third-order valence-electron chi connectivity index (χ3n) is 6.21. The molecule has 0 atom stereocenters. The average Bonchev–Trinajstić information content (AvgIpc) is 3.16. The maximum atomic E-state index is 14.2. The van der Waals surface area contributed by atoms with Crippen LogP contribution in [0.25, 0.3) is 27.8 Å². The van der Waals surface area contributed by atoms with Gasteiger partial charge in [0, 0.05) is 49.9 Å².